The minimum Gasteiger partial charge on any atom is -0.465 e. The minimum absolute atomic E-state index is 0.263. The second kappa shape index (κ2) is 9.27. The number of amides is 3. The molecule has 0 aliphatic heterocycles. The van der Waals surface area contributed by atoms with Crippen molar-refractivity contribution in [2.24, 2.45) is 0 Å². The summed E-state index contributed by atoms with van der Waals surface area (Å²) >= 11 is 1.41. The third-order valence-electron chi connectivity index (χ3n) is 3.85. The molecule has 0 saturated heterocycles. The number of nitrogens with zero attached hydrogens (tertiary/aromatic N) is 1. The van der Waals surface area contributed by atoms with Crippen molar-refractivity contribution in [2.45, 2.75) is 6.42 Å². The van der Waals surface area contributed by atoms with E-state index < -0.39 is 35.3 Å². The summed E-state index contributed by atoms with van der Waals surface area (Å²) in [5.41, 5.74) is 0.745. The number of benzene rings is 2. The fraction of sp³-hybridized carbons (Fsp3) is 0.105. The van der Waals surface area contributed by atoms with E-state index in [1.54, 1.807) is 30.5 Å². The zero-order valence-corrected chi connectivity index (χ0v) is 16.0. The fourth-order valence-corrected chi connectivity index (χ4v) is 3.38. The van der Waals surface area contributed by atoms with Crippen LogP contribution in [0.1, 0.15) is 5.01 Å². The van der Waals surface area contributed by atoms with Crippen LogP contribution in [0.25, 0.3) is 10.4 Å². The van der Waals surface area contributed by atoms with Gasteiger partial charge >= 0.3 is 12.1 Å². The fourth-order valence-electron chi connectivity index (χ4n) is 2.46. The lowest BCUT2D eigenvalue weighted by atomic mass is 10.2. The molecular formula is C19H15F3N4O3S. The summed E-state index contributed by atoms with van der Waals surface area (Å²) in [6, 6.07) is 6.78. The smallest absolute Gasteiger partial charge is 0.404 e. The van der Waals surface area contributed by atoms with Crippen molar-refractivity contribution in [1.82, 2.24) is 10.3 Å². The molecule has 3 aromatic rings. The van der Waals surface area contributed by atoms with Crippen LogP contribution in [0.3, 0.4) is 0 Å². The first-order valence-electron chi connectivity index (χ1n) is 8.56. The van der Waals surface area contributed by atoms with Gasteiger partial charge in [-0.05, 0) is 17.7 Å². The number of thiazole rings is 1. The monoisotopic (exact) mass is 436 g/mol. The Morgan fingerprint density at radius 1 is 1.00 bits per heavy atom. The number of hydrogen-bond acceptors (Lipinski definition) is 4. The summed E-state index contributed by atoms with van der Waals surface area (Å²) in [6.07, 6.45) is 1.05. The van der Waals surface area contributed by atoms with Gasteiger partial charge in [-0.25, -0.2) is 27.7 Å². The van der Waals surface area contributed by atoms with E-state index in [-0.39, 0.29) is 6.54 Å². The normalized spacial score (nSPS) is 10.5. The van der Waals surface area contributed by atoms with Gasteiger partial charge in [0.1, 0.15) is 5.82 Å². The van der Waals surface area contributed by atoms with Gasteiger partial charge in [-0.15, -0.1) is 11.3 Å². The van der Waals surface area contributed by atoms with Crippen molar-refractivity contribution >= 4 is 34.8 Å². The Balaban J connectivity index is 1.59. The van der Waals surface area contributed by atoms with Crippen LogP contribution in [-0.4, -0.2) is 28.8 Å². The topological polar surface area (TPSA) is 103 Å². The van der Waals surface area contributed by atoms with Gasteiger partial charge in [0.15, 0.2) is 11.6 Å². The molecule has 156 valence electrons. The van der Waals surface area contributed by atoms with Crippen molar-refractivity contribution < 1.29 is 27.9 Å². The second-order valence-corrected chi connectivity index (χ2v) is 7.12. The number of carbonyl (C=O) groups is 2. The molecule has 0 unspecified atom stereocenters. The van der Waals surface area contributed by atoms with E-state index in [1.165, 1.54) is 11.3 Å². The number of anilines is 2. The van der Waals surface area contributed by atoms with Crippen LogP contribution in [0.5, 0.6) is 0 Å². The van der Waals surface area contributed by atoms with Gasteiger partial charge in [0.25, 0.3) is 0 Å². The van der Waals surface area contributed by atoms with Crippen LogP contribution < -0.4 is 16.0 Å². The zero-order chi connectivity index (χ0) is 21.7. The maximum atomic E-state index is 13.6. The summed E-state index contributed by atoms with van der Waals surface area (Å²) in [5.74, 6) is -3.73. The number of hydrogen-bond donors (Lipinski definition) is 4. The Bertz CT molecular complexity index is 1070. The largest absolute Gasteiger partial charge is 0.465 e. The molecule has 0 atom stereocenters. The highest BCUT2D eigenvalue weighted by molar-refractivity contribution is 7.15. The van der Waals surface area contributed by atoms with E-state index in [9.17, 15) is 22.8 Å². The molecule has 0 aliphatic rings. The van der Waals surface area contributed by atoms with Gasteiger partial charge in [-0.2, -0.15) is 0 Å². The first-order chi connectivity index (χ1) is 14.3. The van der Waals surface area contributed by atoms with Crippen LogP contribution in [0.4, 0.5) is 34.1 Å². The van der Waals surface area contributed by atoms with Crippen molar-refractivity contribution in [1.29, 1.82) is 0 Å². The van der Waals surface area contributed by atoms with E-state index in [0.29, 0.717) is 24.2 Å². The summed E-state index contributed by atoms with van der Waals surface area (Å²) < 4.78 is 39.7. The molecule has 11 heteroatoms. The molecule has 3 amide bonds. The number of carboxylic acid groups (broad SMARTS) is 1. The van der Waals surface area contributed by atoms with E-state index in [0.717, 1.165) is 15.4 Å². The molecule has 0 saturated carbocycles. The third kappa shape index (κ3) is 5.47. The van der Waals surface area contributed by atoms with Gasteiger partial charge in [0.05, 0.1) is 15.6 Å². The Morgan fingerprint density at radius 2 is 1.70 bits per heavy atom. The van der Waals surface area contributed by atoms with Crippen molar-refractivity contribution in [3.05, 3.63) is 65.1 Å². The number of rotatable bonds is 6. The number of aromatic nitrogens is 1. The van der Waals surface area contributed by atoms with Crippen molar-refractivity contribution in [2.75, 3.05) is 17.2 Å². The van der Waals surface area contributed by atoms with Crippen molar-refractivity contribution in [3.63, 3.8) is 0 Å². The maximum absolute atomic E-state index is 13.6. The molecule has 30 heavy (non-hydrogen) atoms. The lowest BCUT2D eigenvalue weighted by molar-refractivity contribution is 0.194. The maximum Gasteiger partial charge on any atom is 0.404 e. The average molecular weight is 436 g/mol. The first kappa shape index (κ1) is 21.1. The predicted octanol–water partition coefficient (Wildman–Crippen LogP) is 4.68. The molecule has 3 rings (SSSR count). The lowest BCUT2D eigenvalue weighted by Gasteiger charge is -2.09. The molecule has 0 aliphatic carbocycles. The van der Waals surface area contributed by atoms with E-state index in [2.05, 4.69) is 20.9 Å². The van der Waals surface area contributed by atoms with E-state index in [1.807, 2.05) is 0 Å². The summed E-state index contributed by atoms with van der Waals surface area (Å²) in [7, 11) is 0. The standard InChI is InChI=1S/C19H15F3N4O3S/c20-12-7-14(22)15(8-13(12)21)26-18(27)25-11-3-1-10(2-4-11)16-9-24-17(30-16)5-6-23-19(28)29/h1-4,7-9,23H,5-6H2,(H,28,29)(H2,25,26,27). The highest BCUT2D eigenvalue weighted by Gasteiger charge is 2.12. The van der Waals surface area contributed by atoms with Crippen LogP contribution in [0.15, 0.2) is 42.6 Å². The van der Waals surface area contributed by atoms with Gasteiger partial charge in [0, 0.05) is 37.0 Å². The molecule has 7 nitrogen and oxygen atoms in total. The lowest BCUT2D eigenvalue weighted by Crippen LogP contribution is -2.23. The average Bonchev–Trinajstić information content (AvgIpc) is 3.15. The first-order valence-corrected chi connectivity index (χ1v) is 9.38. The predicted molar refractivity (Wildman–Crippen MR) is 106 cm³/mol. The Kier molecular flexibility index (Phi) is 6.52. The van der Waals surface area contributed by atoms with Gasteiger partial charge in [-0.3, -0.25) is 0 Å². The Hall–Kier alpha value is -3.60. The summed E-state index contributed by atoms with van der Waals surface area (Å²) in [5, 5.41) is 16.2. The molecule has 0 fully saturated rings. The molecular weight excluding hydrogens is 421 g/mol. The SMILES string of the molecule is O=C(O)NCCc1ncc(-c2ccc(NC(=O)Nc3cc(F)c(F)cc3F)cc2)s1. The molecule has 1 aromatic heterocycles. The number of urea groups is 1. The second-order valence-electron chi connectivity index (χ2n) is 6.00. The third-order valence-corrected chi connectivity index (χ3v) is 4.96. The number of halogens is 3. The molecule has 4 N–H and O–H groups in total. The minimum atomic E-state index is -1.35. The molecule has 0 bridgehead atoms. The quantitative estimate of drug-likeness (QED) is 0.421. The van der Waals surface area contributed by atoms with E-state index >= 15 is 0 Å². The summed E-state index contributed by atoms with van der Waals surface area (Å²) in [6.45, 7) is 0.263. The molecule has 0 spiro atoms. The number of carbonyl (C=O) groups excluding carboxylic acids is 1. The highest BCUT2D eigenvalue weighted by atomic mass is 32.1. The molecule has 2 aromatic carbocycles. The van der Waals surface area contributed by atoms with Crippen molar-refractivity contribution in [3.8, 4) is 10.4 Å². The molecule has 0 radical (unpaired) electrons. The Labute approximate surface area is 172 Å². The van der Waals surface area contributed by atoms with E-state index in [4.69, 9.17) is 5.11 Å². The van der Waals surface area contributed by atoms with Crippen LogP contribution >= 0.6 is 11.3 Å². The van der Waals surface area contributed by atoms with Crippen LogP contribution in [0.2, 0.25) is 0 Å². The van der Waals surface area contributed by atoms with Gasteiger partial charge in [-0.1, -0.05) is 12.1 Å². The molecule has 1 heterocycles. The zero-order valence-electron chi connectivity index (χ0n) is 15.2. The van der Waals surface area contributed by atoms with Gasteiger partial charge in [0.2, 0.25) is 0 Å². The van der Waals surface area contributed by atoms with Gasteiger partial charge < -0.3 is 21.1 Å². The summed E-state index contributed by atoms with van der Waals surface area (Å²) in [4.78, 5) is 27.5. The Morgan fingerprint density at radius 3 is 2.40 bits per heavy atom. The number of nitrogens with one attached hydrogen (secondary N) is 3. The van der Waals surface area contributed by atoms with Crippen LogP contribution in [0, 0.1) is 17.5 Å². The highest BCUT2D eigenvalue weighted by Crippen LogP contribution is 2.27. The van der Waals surface area contributed by atoms with Crippen LogP contribution in [-0.2, 0) is 6.42 Å².